The molecule has 1 aliphatic carbocycles. The number of rotatable bonds is 5. The average molecular weight is 278 g/mol. The second-order valence-corrected chi connectivity index (χ2v) is 6.17. The molecule has 1 aliphatic rings. The van der Waals surface area contributed by atoms with Crippen molar-refractivity contribution in [3.63, 3.8) is 0 Å². The summed E-state index contributed by atoms with van der Waals surface area (Å²) in [5.41, 5.74) is 0. The van der Waals surface area contributed by atoms with Crippen molar-refractivity contribution < 1.29 is 4.79 Å². The second kappa shape index (κ2) is 6.86. The second-order valence-electron chi connectivity index (χ2n) is 6.17. The van der Waals surface area contributed by atoms with Gasteiger partial charge >= 0.3 is 0 Å². The summed E-state index contributed by atoms with van der Waals surface area (Å²) in [6, 6.07) is -0.0893. The topological polar surface area (TPSA) is 59.8 Å². The summed E-state index contributed by atoms with van der Waals surface area (Å²) >= 11 is 0. The Kier molecular flexibility index (Phi) is 5.15. The highest BCUT2D eigenvalue weighted by Gasteiger charge is 2.23. The molecule has 2 rings (SSSR count). The van der Waals surface area contributed by atoms with Gasteiger partial charge in [0, 0.05) is 13.5 Å². The third kappa shape index (κ3) is 3.81. The Morgan fingerprint density at radius 1 is 1.40 bits per heavy atom. The highest BCUT2D eigenvalue weighted by atomic mass is 16.1. The summed E-state index contributed by atoms with van der Waals surface area (Å²) in [5, 5.41) is 10.9. The van der Waals surface area contributed by atoms with Gasteiger partial charge in [0.2, 0.25) is 5.91 Å². The molecular formula is C15H26N4O. The number of hydrogen-bond acceptors (Lipinski definition) is 3. The first-order chi connectivity index (χ1) is 9.58. The standard InChI is InChI=1S/C15H26N4O/c1-11(13-7-5-4-6-8-13)9-14(20)17-12(2)15-18-16-10-19(15)3/h10-13H,4-9H2,1-3H3,(H,17,20). The zero-order valence-electron chi connectivity index (χ0n) is 12.8. The first kappa shape index (κ1) is 15.0. The number of nitrogens with zero attached hydrogens (tertiary/aromatic N) is 3. The minimum absolute atomic E-state index is 0.0893. The molecule has 1 saturated carbocycles. The first-order valence-corrected chi connectivity index (χ1v) is 7.71. The number of nitrogens with one attached hydrogen (secondary N) is 1. The summed E-state index contributed by atoms with van der Waals surface area (Å²) in [4.78, 5) is 12.1. The molecule has 0 spiro atoms. The number of carbonyl (C=O) groups excluding carboxylic acids is 1. The summed E-state index contributed by atoms with van der Waals surface area (Å²) in [6.45, 7) is 4.16. The van der Waals surface area contributed by atoms with E-state index >= 15 is 0 Å². The fraction of sp³-hybridized carbons (Fsp3) is 0.800. The van der Waals surface area contributed by atoms with Crippen molar-refractivity contribution >= 4 is 5.91 Å². The lowest BCUT2D eigenvalue weighted by Crippen LogP contribution is -2.31. The summed E-state index contributed by atoms with van der Waals surface area (Å²) in [6.07, 6.45) is 8.85. The molecule has 5 heteroatoms. The molecule has 1 fully saturated rings. The van der Waals surface area contributed by atoms with Gasteiger partial charge in [-0.3, -0.25) is 4.79 Å². The monoisotopic (exact) mass is 278 g/mol. The molecule has 2 unspecified atom stereocenters. The molecule has 1 N–H and O–H groups in total. The molecule has 1 heterocycles. The number of hydrogen-bond donors (Lipinski definition) is 1. The largest absolute Gasteiger partial charge is 0.346 e. The molecule has 1 aromatic heterocycles. The molecule has 0 aromatic carbocycles. The van der Waals surface area contributed by atoms with Gasteiger partial charge < -0.3 is 9.88 Å². The smallest absolute Gasteiger partial charge is 0.220 e. The van der Waals surface area contributed by atoms with Crippen molar-refractivity contribution in [3.05, 3.63) is 12.2 Å². The third-order valence-corrected chi connectivity index (χ3v) is 4.47. The zero-order chi connectivity index (χ0) is 14.5. The molecule has 1 amide bonds. The van der Waals surface area contributed by atoms with E-state index in [1.807, 2.05) is 18.5 Å². The zero-order valence-corrected chi connectivity index (χ0v) is 12.8. The quantitative estimate of drug-likeness (QED) is 0.900. The SMILES string of the molecule is CC(NC(=O)CC(C)C1CCCCC1)c1nncn1C. The van der Waals surface area contributed by atoms with E-state index in [-0.39, 0.29) is 11.9 Å². The van der Waals surface area contributed by atoms with E-state index in [1.54, 1.807) is 6.33 Å². The average Bonchev–Trinajstić information content (AvgIpc) is 2.86. The van der Waals surface area contributed by atoms with E-state index in [0.717, 1.165) is 11.7 Å². The van der Waals surface area contributed by atoms with Crippen molar-refractivity contribution in [2.24, 2.45) is 18.9 Å². The number of amides is 1. The maximum atomic E-state index is 12.1. The van der Waals surface area contributed by atoms with Gasteiger partial charge in [0.25, 0.3) is 0 Å². The van der Waals surface area contributed by atoms with Crippen LogP contribution in [-0.4, -0.2) is 20.7 Å². The Labute approximate surface area is 121 Å². The summed E-state index contributed by atoms with van der Waals surface area (Å²) in [7, 11) is 1.89. The number of aromatic nitrogens is 3. The fourth-order valence-electron chi connectivity index (χ4n) is 3.21. The molecule has 0 aliphatic heterocycles. The van der Waals surface area contributed by atoms with E-state index in [2.05, 4.69) is 22.4 Å². The predicted molar refractivity (Wildman–Crippen MR) is 77.9 cm³/mol. The van der Waals surface area contributed by atoms with Gasteiger partial charge in [0.05, 0.1) is 6.04 Å². The van der Waals surface area contributed by atoms with Crippen molar-refractivity contribution in [1.29, 1.82) is 0 Å². The van der Waals surface area contributed by atoms with Crippen molar-refractivity contribution in [2.75, 3.05) is 0 Å². The van der Waals surface area contributed by atoms with Crippen LogP contribution in [0, 0.1) is 11.8 Å². The van der Waals surface area contributed by atoms with Crippen LogP contribution < -0.4 is 5.32 Å². The minimum atomic E-state index is -0.0893. The lowest BCUT2D eigenvalue weighted by molar-refractivity contribution is -0.123. The van der Waals surface area contributed by atoms with Gasteiger partial charge in [-0.25, -0.2) is 0 Å². The van der Waals surface area contributed by atoms with Crippen LogP contribution in [0.5, 0.6) is 0 Å². The van der Waals surface area contributed by atoms with Gasteiger partial charge in [-0.2, -0.15) is 0 Å². The van der Waals surface area contributed by atoms with Crippen LogP contribution in [0.1, 0.15) is 64.2 Å². The maximum absolute atomic E-state index is 12.1. The van der Waals surface area contributed by atoms with Gasteiger partial charge in [-0.05, 0) is 18.8 Å². The van der Waals surface area contributed by atoms with Gasteiger partial charge in [0.1, 0.15) is 6.33 Å². The highest BCUT2D eigenvalue weighted by molar-refractivity contribution is 5.76. The van der Waals surface area contributed by atoms with Gasteiger partial charge in [-0.15, -0.1) is 10.2 Å². The molecule has 20 heavy (non-hydrogen) atoms. The van der Waals surface area contributed by atoms with Crippen LogP contribution in [0.4, 0.5) is 0 Å². The molecule has 0 radical (unpaired) electrons. The summed E-state index contributed by atoms with van der Waals surface area (Å²) < 4.78 is 1.84. The Hall–Kier alpha value is -1.39. The number of aryl methyl sites for hydroxylation is 1. The fourth-order valence-corrected chi connectivity index (χ4v) is 3.21. The van der Waals surface area contributed by atoms with Crippen LogP contribution in [-0.2, 0) is 11.8 Å². The number of carbonyl (C=O) groups is 1. The molecule has 2 atom stereocenters. The first-order valence-electron chi connectivity index (χ1n) is 7.71. The normalized spacial score (nSPS) is 19.6. The predicted octanol–water partition coefficient (Wildman–Crippen LogP) is 2.60. The maximum Gasteiger partial charge on any atom is 0.220 e. The van der Waals surface area contributed by atoms with E-state index in [1.165, 1.54) is 32.1 Å². The van der Waals surface area contributed by atoms with E-state index in [9.17, 15) is 4.79 Å². The minimum Gasteiger partial charge on any atom is -0.346 e. The Bertz CT molecular complexity index is 437. The van der Waals surface area contributed by atoms with E-state index in [0.29, 0.717) is 12.3 Å². The van der Waals surface area contributed by atoms with Crippen LogP contribution in [0.25, 0.3) is 0 Å². The highest BCUT2D eigenvalue weighted by Crippen LogP contribution is 2.31. The molecule has 0 saturated heterocycles. The molecule has 5 nitrogen and oxygen atoms in total. The van der Waals surface area contributed by atoms with Crippen LogP contribution >= 0.6 is 0 Å². The van der Waals surface area contributed by atoms with Crippen LogP contribution in [0.2, 0.25) is 0 Å². The van der Waals surface area contributed by atoms with Gasteiger partial charge in [-0.1, -0.05) is 39.0 Å². The van der Waals surface area contributed by atoms with E-state index < -0.39 is 0 Å². The molecule has 0 bridgehead atoms. The molecule has 112 valence electrons. The Morgan fingerprint density at radius 2 is 2.10 bits per heavy atom. The van der Waals surface area contributed by atoms with Crippen molar-refractivity contribution in [1.82, 2.24) is 20.1 Å². The molecule has 1 aromatic rings. The third-order valence-electron chi connectivity index (χ3n) is 4.47. The Balaban J connectivity index is 1.81. The lowest BCUT2D eigenvalue weighted by atomic mass is 9.79. The van der Waals surface area contributed by atoms with Crippen LogP contribution in [0.15, 0.2) is 6.33 Å². The van der Waals surface area contributed by atoms with Gasteiger partial charge in [0.15, 0.2) is 5.82 Å². The molecular weight excluding hydrogens is 252 g/mol. The van der Waals surface area contributed by atoms with Crippen molar-refractivity contribution in [3.8, 4) is 0 Å². The lowest BCUT2D eigenvalue weighted by Gasteiger charge is -2.27. The van der Waals surface area contributed by atoms with Crippen molar-refractivity contribution in [2.45, 2.75) is 58.4 Å². The summed E-state index contributed by atoms with van der Waals surface area (Å²) in [5.74, 6) is 2.11. The van der Waals surface area contributed by atoms with Crippen LogP contribution in [0.3, 0.4) is 0 Å². The Morgan fingerprint density at radius 3 is 2.70 bits per heavy atom. The van der Waals surface area contributed by atoms with E-state index in [4.69, 9.17) is 0 Å².